The molecule has 0 atom stereocenters. The summed E-state index contributed by atoms with van der Waals surface area (Å²) in [6.07, 6.45) is 2.94. The molecular weight excluding hydrogens is 406 g/mol. The number of benzene rings is 1. The van der Waals surface area contributed by atoms with Crippen molar-refractivity contribution in [1.82, 2.24) is 15.0 Å². The summed E-state index contributed by atoms with van der Waals surface area (Å²) in [4.78, 5) is 45.1. The number of hydrogen-bond donors (Lipinski definition) is 1. The van der Waals surface area contributed by atoms with Gasteiger partial charge < -0.3 is 4.74 Å². The van der Waals surface area contributed by atoms with Gasteiger partial charge >= 0.3 is 5.97 Å². The van der Waals surface area contributed by atoms with Gasteiger partial charge in [-0.3, -0.25) is 15.0 Å². The second-order valence-corrected chi connectivity index (χ2v) is 6.91. The summed E-state index contributed by atoms with van der Waals surface area (Å²) >= 11 is 1.22. The molecule has 0 saturated carbocycles. The second kappa shape index (κ2) is 8.75. The first-order chi connectivity index (χ1) is 14.4. The summed E-state index contributed by atoms with van der Waals surface area (Å²) in [7, 11) is 0. The first kappa shape index (κ1) is 21.0. The Hall–Kier alpha value is -3.71. The molecule has 3 rings (SSSR count). The highest BCUT2D eigenvalue weighted by molar-refractivity contribution is 7.98. The number of thioether (sulfide) groups is 1. The smallest absolute Gasteiger partial charge is 0.338 e. The minimum atomic E-state index is -0.559. The van der Waals surface area contributed by atoms with E-state index in [1.54, 1.807) is 37.4 Å². The average Bonchev–Trinajstić information content (AvgIpc) is 2.99. The van der Waals surface area contributed by atoms with Gasteiger partial charge in [0.15, 0.2) is 11.6 Å². The van der Waals surface area contributed by atoms with Gasteiger partial charge in [-0.15, -0.1) is 11.8 Å². The number of esters is 1. The van der Waals surface area contributed by atoms with Crippen LogP contribution in [0.25, 0.3) is 11.4 Å². The molecule has 0 saturated heterocycles. The molecule has 0 radical (unpaired) electrons. The van der Waals surface area contributed by atoms with Crippen molar-refractivity contribution >= 4 is 35.4 Å². The molecule has 0 fully saturated rings. The van der Waals surface area contributed by atoms with Gasteiger partial charge in [-0.2, -0.15) is 10.3 Å². The third-order valence-electron chi connectivity index (χ3n) is 4.13. The van der Waals surface area contributed by atoms with E-state index >= 15 is 0 Å². The minimum Gasteiger partial charge on any atom is -0.462 e. The number of aromatic nitrogens is 2. The maximum absolute atomic E-state index is 12.2. The molecule has 1 aromatic carbocycles. The van der Waals surface area contributed by atoms with Crippen LogP contribution in [0.2, 0.25) is 0 Å². The van der Waals surface area contributed by atoms with Crippen molar-refractivity contribution in [3.63, 3.8) is 0 Å². The number of nitrogens with zero attached hydrogens (tertiary/aromatic N) is 4. The van der Waals surface area contributed by atoms with Crippen LogP contribution in [0, 0.1) is 11.3 Å². The monoisotopic (exact) mass is 423 g/mol. The minimum absolute atomic E-state index is 0.0122. The van der Waals surface area contributed by atoms with Crippen LogP contribution in [-0.4, -0.2) is 45.6 Å². The number of hydrazine groups is 1. The molecule has 30 heavy (non-hydrogen) atoms. The zero-order valence-corrected chi connectivity index (χ0v) is 17.2. The summed E-state index contributed by atoms with van der Waals surface area (Å²) < 4.78 is 5.02. The number of carbonyl (C=O) groups excluding carboxylic acids is 3. The fourth-order valence-corrected chi connectivity index (χ4v) is 3.22. The molecule has 10 heteroatoms. The normalized spacial score (nSPS) is 13.1. The van der Waals surface area contributed by atoms with Gasteiger partial charge in [0, 0.05) is 17.2 Å². The zero-order valence-electron chi connectivity index (χ0n) is 16.4. The summed E-state index contributed by atoms with van der Waals surface area (Å²) in [6, 6.07) is 8.55. The van der Waals surface area contributed by atoms with Gasteiger partial charge in [-0.1, -0.05) is 12.1 Å². The maximum Gasteiger partial charge on any atom is 0.338 e. The van der Waals surface area contributed by atoms with E-state index in [1.807, 2.05) is 6.07 Å². The molecule has 0 bridgehead atoms. The van der Waals surface area contributed by atoms with Crippen molar-refractivity contribution < 1.29 is 19.1 Å². The number of carbonyl (C=O) groups is 3. The van der Waals surface area contributed by atoms with Crippen molar-refractivity contribution in [2.24, 2.45) is 0 Å². The third-order valence-corrected chi connectivity index (χ3v) is 4.81. The van der Waals surface area contributed by atoms with Crippen LogP contribution < -0.4 is 5.43 Å². The quantitative estimate of drug-likeness (QED) is 0.323. The highest BCUT2D eigenvalue weighted by Crippen LogP contribution is 2.29. The van der Waals surface area contributed by atoms with E-state index in [0.717, 1.165) is 5.01 Å². The molecule has 0 spiro atoms. The number of anilines is 1. The maximum atomic E-state index is 12.2. The van der Waals surface area contributed by atoms with Crippen molar-refractivity contribution in [2.45, 2.75) is 18.9 Å². The molecule has 2 amide bonds. The highest BCUT2D eigenvalue weighted by Gasteiger charge is 2.30. The van der Waals surface area contributed by atoms with Crippen LogP contribution in [-0.2, 0) is 14.3 Å². The summed E-state index contributed by atoms with van der Waals surface area (Å²) in [5.74, 6) is -1.34. The Morgan fingerprint density at radius 2 is 2.10 bits per heavy atom. The largest absolute Gasteiger partial charge is 0.462 e. The van der Waals surface area contributed by atoms with Gasteiger partial charge in [-0.05, 0) is 32.2 Å². The Kier molecular flexibility index (Phi) is 6.13. The van der Waals surface area contributed by atoms with Gasteiger partial charge in [0.2, 0.25) is 0 Å². The number of nitriles is 1. The SMILES string of the molecule is CCOC(=O)c1cccc(-c2nc(NN3C(=O)C=C(C)C3=O)c(C#N)c(SC)n2)c1. The standard InChI is InChI=1S/C20H17N5O4S/c1-4-29-20(28)13-7-5-6-12(9-13)16-22-17(14(10-21)18(23-16)30-3)24-25-15(26)8-11(2)19(25)27/h5-9H,4H2,1-3H3,(H,22,23,24). The van der Waals surface area contributed by atoms with E-state index in [9.17, 15) is 19.6 Å². The Balaban J connectivity index is 2.06. The molecule has 2 aromatic rings. The molecule has 1 N–H and O–H groups in total. The molecule has 9 nitrogen and oxygen atoms in total. The number of nitrogens with one attached hydrogen (secondary N) is 1. The zero-order chi connectivity index (χ0) is 21.8. The molecule has 0 unspecified atom stereocenters. The van der Waals surface area contributed by atoms with Gasteiger partial charge in [0.25, 0.3) is 11.8 Å². The predicted octanol–water partition coefficient (Wildman–Crippen LogP) is 2.56. The molecular formula is C20H17N5O4S. The lowest BCUT2D eigenvalue weighted by molar-refractivity contribution is -0.135. The van der Waals surface area contributed by atoms with Crippen molar-refractivity contribution in [3.05, 3.63) is 47.0 Å². The number of hydrogen-bond acceptors (Lipinski definition) is 9. The molecule has 1 aromatic heterocycles. The fourth-order valence-electron chi connectivity index (χ4n) is 2.70. The lowest BCUT2D eigenvalue weighted by Gasteiger charge is -2.18. The van der Waals surface area contributed by atoms with Crippen LogP contribution in [0.15, 0.2) is 40.9 Å². The van der Waals surface area contributed by atoms with E-state index in [0.29, 0.717) is 16.2 Å². The Morgan fingerprint density at radius 1 is 1.33 bits per heavy atom. The van der Waals surface area contributed by atoms with Crippen LogP contribution in [0.5, 0.6) is 0 Å². The van der Waals surface area contributed by atoms with E-state index in [4.69, 9.17) is 4.74 Å². The number of imide groups is 1. The first-order valence-electron chi connectivity index (χ1n) is 8.86. The van der Waals surface area contributed by atoms with Crippen molar-refractivity contribution in [2.75, 3.05) is 18.3 Å². The fraction of sp³-hybridized carbons (Fsp3) is 0.200. The first-order valence-corrected chi connectivity index (χ1v) is 10.1. The molecule has 2 heterocycles. The Morgan fingerprint density at radius 3 is 2.70 bits per heavy atom. The molecule has 0 aliphatic carbocycles. The van der Waals surface area contributed by atoms with Gasteiger partial charge in [-0.25, -0.2) is 14.8 Å². The number of ether oxygens (including phenoxy) is 1. The van der Waals surface area contributed by atoms with Crippen LogP contribution >= 0.6 is 11.8 Å². The van der Waals surface area contributed by atoms with Crippen molar-refractivity contribution in [3.8, 4) is 17.5 Å². The average molecular weight is 423 g/mol. The lowest BCUT2D eigenvalue weighted by atomic mass is 10.1. The lowest BCUT2D eigenvalue weighted by Crippen LogP contribution is -2.37. The Bertz CT molecular complexity index is 1120. The number of rotatable bonds is 6. The van der Waals surface area contributed by atoms with E-state index in [-0.39, 0.29) is 29.4 Å². The van der Waals surface area contributed by atoms with Gasteiger partial charge in [0.05, 0.1) is 12.2 Å². The molecule has 1 aliphatic rings. The number of amides is 2. The Labute approximate surface area is 176 Å². The second-order valence-electron chi connectivity index (χ2n) is 6.11. The predicted molar refractivity (Wildman–Crippen MR) is 109 cm³/mol. The summed E-state index contributed by atoms with van der Waals surface area (Å²) in [5, 5.41) is 10.7. The summed E-state index contributed by atoms with van der Waals surface area (Å²) in [6.45, 7) is 3.48. The van der Waals surface area contributed by atoms with E-state index in [2.05, 4.69) is 15.4 Å². The topological polar surface area (TPSA) is 125 Å². The van der Waals surface area contributed by atoms with Crippen molar-refractivity contribution in [1.29, 1.82) is 5.26 Å². The van der Waals surface area contributed by atoms with Crippen LogP contribution in [0.4, 0.5) is 5.82 Å². The van der Waals surface area contributed by atoms with E-state index < -0.39 is 17.8 Å². The molecule has 152 valence electrons. The van der Waals surface area contributed by atoms with Gasteiger partial charge in [0.1, 0.15) is 16.7 Å². The van der Waals surface area contributed by atoms with Crippen LogP contribution in [0.3, 0.4) is 0 Å². The van der Waals surface area contributed by atoms with E-state index in [1.165, 1.54) is 24.8 Å². The highest BCUT2D eigenvalue weighted by atomic mass is 32.2. The van der Waals surface area contributed by atoms with Crippen LogP contribution in [0.1, 0.15) is 29.8 Å². The summed E-state index contributed by atoms with van der Waals surface area (Å²) in [5.41, 5.74) is 3.84. The molecule has 1 aliphatic heterocycles. The third kappa shape index (κ3) is 4.01.